The molecule has 160 valence electrons. The molecular weight excluding hydrogens is 424 g/mol. The van der Waals surface area contributed by atoms with Gasteiger partial charge in [-0.05, 0) is 55.7 Å². The van der Waals surface area contributed by atoms with Gasteiger partial charge in [-0.2, -0.15) is 0 Å². The van der Waals surface area contributed by atoms with E-state index in [0.717, 1.165) is 30.6 Å². The summed E-state index contributed by atoms with van der Waals surface area (Å²) >= 11 is 1.07. The van der Waals surface area contributed by atoms with Gasteiger partial charge in [0.25, 0.3) is 15.9 Å². The van der Waals surface area contributed by atoms with Crippen molar-refractivity contribution in [2.24, 2.45) is 0 Å². The van der Waals surface area contributed by atoms with E-state index in [4.69, 9.17) is 4.74 Å². The van der Waals surface area contributed by atoms with Crippen molar-refractivity contribution in [1.82, 2.24) is 5.32 Å². The molecule has 2 aromatic rings. The van der Waals surface area contributed by atoms with Crippen LogP contribution in [0.3, 0.4) is 0 Å². The first-order valence-corrected chi connectivity index (χ1v) is 12.1. The Balaban J connectivity index is 1.53. The van der Waals surface area contributed by atoms with Crippen LogP contribution in [0.2, 0.25) is 0 Å². The topological polar surface area (TPSA) is 102 Å². The molecule has 3 rings (SSSR count). The van der Waals surface area contributed by atoms with Gasteiger partial charge in [-0.3, -0.25) is 9.52 Å². The molecule has 1 heterocycles. The summed E-state index contributed by atoms with van der Waals surface area (Å²) in [5.74, 6) is -1.17. The molecule has 1 aromatic carbocycles. The molecule has 0 fully saturated rings. The maximum atomic E-state index is 12.4. The Labute approximate surface area is 180 Å². The minimum absolute atomic E-state index is 0.0396. The average Bonchev–Trinajstić information content (AvgIpc) is 3.29. The zero-order valence-electron chi connectivity index (χ0n) is 16.4. The maximum absolute atomic E-state index is 12.4. The van der Waals surface area contributed by atoms with Crippen LogP contribution in [0.5, 0.6) is 0 Å². The van der Waals surface area contributed by atoms with Crippen molar-refractivity contribution in [2.75, 3.05) is 17.9 Å². The average molecular weight is 449 g/mol. The zero-order chi connectivity index (χ0) is 21.4. The van der Waals surface area contributed by atoms with Gasteiger partial charge in [-0.1, -0.05) is 29.8 Å². The molecule has 0 atom stereocenters. The fourth-order valence-electron chi connectivity index (χ4n) is 3.12. The van der Waals surface area contributed by atoms with E-state index in [1.165, 1.54) is 36.6 Å². The summed E-state index contributed by atoms with van der Waals surface area (Å²) in [7, 11) is -3.80. The Morgan fingerprint density at radius 3 is 2.67 bits per heavy atom. The van der Waals surface area contributed by atoms with Crippen molar-refractivity contribution in [2.45, 2.75) is 36.3 Å². The first kappa shape index (κ1) is 22.0. The third kappa shape index (κ3) is 6.17. The number of carbonyl (C=O) groups excluding carboxylic acids is 2. The van der Waals surface area contributed by atoms with Crippen LogP contribution in [-0.2, 0) is 19.6 Å². The Morgan fingerprint density at radius 2 is 1.93 bits per heavy atom. The molecule has 2 N–H and O–H groups in total. The number of nitrogens with one attached hydrogen (secondary N) is 2. The summed E-state index contributed by atoms with van der Waals surface area (Å²) in [5.41, 5.74) is 1.49. The van der Waals surface area contributed by atoms with Crippen molar-refractivity contribution in [1.29, 1.82) is 0 Å². The van der Waals surface area contributed by atoms with Crippen LogP contribution in [0.25, 0.3) is 0 Å². The molecule has 0 spiro atoms. The molecule has 0 bridgehead atoms. The molecule has 1 aliphatic carbocycles. The summed E-state index contributed by atoms with van der Waals surface area (Å²) in [6, 6.07) is 9.22. The zero-order valence-corrected chi connectivity index (χ0v) is 18.1. The molecule has 0 radical (unpaired) electrons. The predicted molar refractivity (Wildman–Crippen MR) is 116 cm³/mol. The molecule has 1 aliphatic rings. The minimum Gasteiger partial charge on any atom is -0.452 e. The highest BCUT2D eigenvalue weighted by Gasteiger charge is 2.20. The molecule has 30 heavy (non-hydrogen) atoms. The predicted octanol–water partition coefficient (Wildman–Crippen LogP) is 3.71. The van der Waals surface area contributed by atoms with E-state index >= 15 is 0 Å². The smallest absolute Gasteiger partial charge is 0.340 e. The normalized spacial score (nSPS) is 13.9. The molecule has 0 aliphatic heterocycles. The van der Waals surface area contributed by atoms with Crippen LogP contribution in [0.1, 0.15) is 42.5 Å². The van der Waals surface area contributed by atoms with Crippen molar-refractivity contribution in [3.63, 3.8) is 0 Å². The van der Waals surface area contributed by atoms with Gasteiger partial charge >= 0.3 is 5.97 Å². The first-order valence-electron chi connectivity index (χ1n) is 9.73. The monoisotopic (exact) mass is 448 g/mol. The number of allylic oxidation sites excluding steroid dienone is 1. The fraction of sp³-hybridized carbons (Fsp3) is 0.333. The highest BCUT2D eigenvalue weighted by Crippen LogP contribution is 2.23. The highest BCUT2D eigenvalue weighted by atomic mass is 32.2. The van der Waals surface area contributed by atoms with Crippen LogP contribution in [0.4, 0.5) is 5.69 Å². The summed E-state index contributed by atoms with van der Waals surface area (Å²) in [6.45, 7) is 0.0727. The van der Waals surface area contributed by atoms with E-state index in [0.29, 0.717) is 6.54 Å². The number of thiophene rings is 1. The standard InChI is InChI=1S/C21H24N2O5S2/c24-19(22-13-12-16-7-2-1-3-8-16)15-28-21(25)17-9-4-5-10-18(17)23-30(26,27)20-11-6-14-29-20/h4-7,9-11,14,23H,1-3,8,12-13,15H2,(H,22,24). The van der Waals surface area contributed by atoms with Crippen molar-refractivity contribution >= 4 is 38.9 Å². The van der Waals surface area contributed by atoms with Crippen LogP contribution < -0.4 is 10.0 Å². The maximum Gasteiger partial charge on any atom is 0.340 e. The van der Waals surface area contributed by atoms with E-state index in [1.54, 1.807) is 23.6 Å². The number of hydrogen-bond acceptors (Lipinski definition) is 6. The van der Waals surface area contributed by atoms with Crippen LogP contribution >= 0.6 is 11.3 Å². The minimum atomic E-state index is -3.80. The number of carbonyl (C=O) groups is 2. The highest BCUT2D eigenvalue weighted by molar-refractivity contribution is 7.94. The fourth-order valence-corrected chi connectivity index (χ4v) is 5.19. The third-order valence-electron chi connectivity index (χ3n) is 4.64. The van der Waals surface area contributed by atoms with Gasteiger partial charge in [0.15, 0.2) is 6.61 Å². The van der Waals surface area contributed by atoms with Gasteiger partial charge in [-0.25, -0.2) is 13.2 Å². The summed E-state index contributed by atoms with van der Waals surface area (Å²) in [4.78, 5) is 24.4. The molecule has 7 nitrogen and oxygen atoms in total. The molecule has 0 saturated heterocycles. The number of rotatable bonds is 9. The summed E-state index contributed by atoms with van der Waals surface area (Å²) in [6.07, 6.45) is 7.60. The lowest BCUT2D eigenvalue weighted by molar-refractivity contribution is -0.124. The Bertz CT molecular complexity index is 1010. The quantitative estimate of drug-likeness (QED) is 0.450. The Hall–Kier alpha value is -2.65. The number of amides is 1. The second-order valence-corrected chi connectivity index (χ2v) is 9.72. The van der Waals surface area contributed by atoms with E-state index in [1.807, 2.05) is 0 Å². The van der Waals surface area contributed by atoms with Gasteiger partial charge in [0.05, 0.1) is 11.3 Å². The Kier molecular flexibility index (Phi) is 7.64. The largest absolute Gasteiger partial charge is 0.452 e. The van der Waals surface area contributed by atoms with Crippen molar-refractivity contribution < 1.29 is 22.7 Å². The third-order valence-corrected chi connectivity index (χ3v) is 7.40. The van der Waals surface area contributed by atoms with E-state index < -0.39 is 28.5 Å². The summed E-state index contributed by atoms with van der Waals surface area (Å²) in [5, 5.41) is 4.39. The van der Waals surface area contributed by atoms with Crippen molar-refractivity contribution in [3.05, 3.63) is 59.0 Å². The molecular formula is C21H24N2O5S2. The van der Waals surface area contributed by atoms with E-state index in [-0.39, 0.29) is 15.5 Å². The van der Waals surface area contributed by atoms with Crippen molar-refractivity contribution in [3.8, 4) is 0 Å². The SMILES string of the molecule is O=C(COC(=O)c1ccccc1NS(=O)(=O)c1cccs1)NCCC1=CCCCC1. The number of benzene rings is 1. The van der Waals surface area contributed by atoms with Gasteiger partial charge in [-0.15, -0.1) is 11.3 Å². The Morgan fingerprint density at radius 1 is 1.10 bits per heavy atom. The first-order chi connectivity index (χ1) is 14.5. The second-order valence-electron chi connectivity index (χ2n) is 6.87. The number of sulfonamides is 1. The van der Waals surface area contributed by atoms with E-state index in [2.05, 4.69) is 16.1 Å². The number of para-hydroxylation sites is 1. The lowest BCUT2D eigenvalue weighted by atomic mass is 9.97. The van der Waals surface area contributed by atoms with Gasteiger partial charge in [0.1, 0.15) is 4.21 Å². The number of ether oxygens (including phenoxy) is 1. The van der Waals surface area contributed by atoms with Gasteiger partial charge in [0.2, 0.25) is 0 Å². The molecule has 9 heteroatoms. The van der Waals surface area contributed by atoms with Gasteiger partial charge < -0.3 is 10.1 Å². The van der Waals surface area contributed by atoms with E-state index in [9.17, 15) is 18.0 Å². The number of hydrogen-bond donors (Lipinski definition) is 2. The van der Waals surface area contributed by atoms with Crippen LogP contribution in [0.15, 0.2) is 57.6 Å². The molecule has 0 saturated carbocycles. The van der Waals surface area contributed by atoms with Gasteiger partial charge in [0, 0.05) is 6.54 Å². The number of esters is 1. The molecule has 0 unspecified atom stereocenters. The molecule has 1 aromatic heterocycles. The second kappa shape index (κ2) is 10.4. The lowest BCUT2D eigenvalue weighted by Crippen LogP contribution is -2.30. The van der Waals surface area contributed by atoms with Crippen LogP contribution in [-0.4, -0.2) is 33.4 Å². The van der Waals surface area contributed by atoms with Crippen LogP contribution in [0, 0.1) is 0 Å². The lowest BCUT2D eigenvalue weighted by Gasteiger charge is -2.13. The number of anilines is 1. The summed E-state index contributed by atoms with van der Waals surface area (Å²) < 4.78 is 32.5. The molecule has 1 amide bonds.